The third-order valence-electron chi connectivity index (χ3n) is 13.0. The van der Waals surface area contributed by atoms with Crippen LogP contribution in [-0.2, 0) is 5.41 Å². The molecule has 0 radical (unpaired) electrons. The summed E-state index contributed by atoms with van der Waals surface area (Å²) in [4.78, 5) is 23.1. The zero-order valence-corrected chi connectivity index (χ0v) is 35.3. The van der Waals surface area contributed by atoms with Gasteiger partial charge in [-0.2, -0.15) is 0 Å². The highest BCUT2D eigenvalue weighted by molar-refractivity contribution is 7.99. The molecule has 0 bridgehead atoms. The first-order valence-corrected chi connectivity index (χ1v) is 22.4. The van der Waals surface area contributed by atoms with Crippen LogP contribution in [0.25, 0.3) is 89.4 Å². The van der Waals surface area contributed by atoms with E-state index in [1.165, 1.54) is 48.6 Å². The Hall–Kier alpha value is -7.99. The molecule has 2 aliphatic rings. The van der Waals surface area contributed by atoms with Gasteiger partial charge in [0.15, 0.2) is 17.5 Å². The molecule has 0 saturated carbocycles. The summed E-state index contributed by atoms with van der Waals surface area (Å²) >= 11 is 1.87. The maximum Gasteiger partial charge on any atom is 0.164 e. The number of aromatic nitrogens is 4. The average Bonchev–Trinajstić information content (AvgIpc) is 3.67. The van der Waals surface area contributed by atoms with Gasteiger partial charge in [-0.05, 0) is 74.8 Å². The number of benzene rings is 9. The van der Waals surface area contributed by atoms with Gasteiger partial charge >= 0.3 is 0 Å². The molecule has 0 amide bonds. The van der Waals surface area contributed by atoms with E-state index in [9.17, 15) is 0 Å². The van der Waals surface area contributed by atoms with Crippen molar-refractivity contribution in [1.29, 1.82) is 0 Å². The van der Waals surface area contributed by atoms with Crippen molar-refractivity contribution in [2.24, 2.45) is 0 Å². The highest BCUT2D eigenvalue weighted by atomic mass is 32.2. The minimum absolute atomic E-state index is 0.491. The molecule has 5 heteroatoms. The molecule has 64 heavy (non-hydrogen) atoms. The average molecular weight is 833 g/mol. The summed E-state index contributed by atoms with van der Waals surface area (Å²) in [7, 11) is 0. The van der Waals surface area contributed by atoms with E-state index in [4.69, 9.17) is 19.9 Å². The monoisotopic (exact) mass is 832 g/mol. The van der Waals surface area contributed by atoms with E-state index < -0.39 is 5.41 Å². The van der Waals surface area contributed by atoms with Crippen molar-refractivity contribution in [3.8, 4) is 67.7 Å². The third kappa shape index (κ3) is 5.57. The summed E-state index contributed by atoms with van der Waals surface area (Å²) in [6.07, 6.45) is 0. The van der Waals surface area contributed by atoms with Crippen molar-refractivity contribution >= 4 is 33.4 Å². The van der Waals surface area contributed by atoms with Crippen LogP contribution in [0.1, 0.15) is 22.3 Å². The van der Waals surface area contributed by atoms with Crippen LogP contribution >= 0.6 is 11.8 Å². The fraction of sp³-hybridized carbons (Fsp3) is 0.0169. The second-order valence-electron chi connectivity index (χ2n) is 16.5. The Bertz CT molecular complexity index is 3540. The van der Waals surface area contributed by atoms with E-state index in [1.54, 1.807) is 0 Å². The lowest BCUT2D eigenvalue weighted by molar-refractivity contribution is 0.723. The fourth-order valence-electron chi connectivity index (χ4n) is 10.2. The van der Waals surface area contributed by atoms with Gasteiger partial charge in [0.05, 0.1) is 16.6 Å². The molecular weight excluding hydrogens is 797 g/mol. The number of rotatable bonds is 5. The van der Waals surface area contributed by atoms with Gasteiger partial charge in [0.1, 0.15) is 0 Å². The van der Waals surface area contributed by atoms with Crippen LogP contribution < -0.4 is 0 Å². The first-order chi connectivity index (χ1) is 31.7. The molecule has 0 unspecified atom stereocenters. The Kier molecular flexibility index (Phi) is 8.33. The van der Waals surface area contributed by atoms with Crippen LogP contribution in [0.3, 0.4) is 0 Å². The second kappa shape index (κ2) is 14.6. The molecule has 1 aliphatic carbocycles. The van der Waals surface area contributed by atoms with E-state index >= 15 is 0 Å². The number of pyridine rings is 1. The minimum Gasteiger partial charge on any atom is -0.247 e. The highest BCUT2D eigenvalue weighted by Crippen LogP contribution is 2.63. The smallest absolute Gasteiger partial charge is 0.164 e. The lowest BCUT2D eigenvalue weighted by atomic mass is 9.67. The SMILES string of the molecule is c1ccc(-c2nc(-c3ccccc3)nc(-c3cccc(-c4ccc5nc(-c6ccccc6)c6ccc7c(c6c5c4)-c4ccccc4C74c5ccccc5Sc5ccccc54)c3)n2)cc1. The molecule has 1 spiro atoms. The predicted molar refractivity (Wildman–Crippen MR) is 261 cm³/mol. The summed E-state index contributed by atoms with van der Waals surface area (Å²) in [5, 5.41) is 3.47. The normalized spacial score (nSPS) is 13.1. The lowest BCUT2D eigenvalue weighted by Gasteiger charge is -2.39. The van der Waals surface area contributed by atoms with Crippen LogP contribution in [0.5, 0.6) is 0 Å². The molecule has 2 aromatic heterocycles. The number of hydrogen-bond donors (Lipinski definition) is 0. The van der Waals surface area contributed by atoms with Crippen LogP contribution in [0.2, 0.25) is 0 Å². The Balaban J connectivity index is 1.06. The van der Waals surface area contributed by atoms with Gasteiger partial charge in [0, 0.05) is 48.2 Å². The molecule has 13 rings (SSSR count). The van der Waals surface area contributed by atoms with Gasteiger partial charge in [-0.1, -0.05) is 200 Å². The molecule has 9 aromatic carbocycles. The van der Waals surface area contributed by atoms with Crippen molar-refractivity contribution < 1.29 is 0 Å². The topological polar surface area (TPSA) is 51.6 Å². The Morgan fingerprint density at radius 1 is 0.328 bits per heavy atom. The van der Waals surface area contributed by atoms with E-state index in [0.717, 1.165) is 55.4 Å². The summed E-state index contributed by atoms with van der Waals surface area (Å²) in [6, 6.07) is 78.1. The molecule has 298 valence electrons. The third-order valence-corrected chi connectivity index (χ3v) is 14.1. The Morgan fingerprint density at radius 3 is 1.50 bits per heavy atom. The maximum absolute atomic E-state index is 5.48. The first kappa shape index (κ1) is 36.6. The molecule has 0 saturated heterocycles. The molecular formula is C59H36N4S. The van der Waals surface area contributed by atoms with Crippen molar-refractivity contribution in [3.63, 3.8) is 0 Å². The Morgan fingerprint density at radius 2 is 0.844 bits per heavy atom. The van der Waals surface area contributed by atoms with E-state index in [0.29, 0.717) is 17.5 Å². The van der Waals surface area contributed by atoms with Gasteiger partial charge < -0.3 is 0 Å². The number of fused-ring (bicyclic) bond motifs is 13. The standard InChI is InChI=1S/C59H36N4S/c1-4-17-37(18-5-1)55-44-32-33-49-54(43-25-10-11-26-46(43)59(49)47-27-12-14-29-51(47)64-52-30-15-13-28-48(52)59)53(44)45-36-41(31-34-50(45)60-55)40-23-16-24-42(35-40)58-62-56(38-19-6-2-7-20-38)61-57(63-58)39-21-8-3-9-22-39/h1-36H. The molecule has 3 heterocycles. The quantitative estimate of drug-likeness (QED) is 0.162. The van der Waals surface area contributed by atoms with Crippen molar-refractivity contribution in [1.82, 2.24) is 19.9 Å². The maximum atomic E-state index is 5.48. The van der Waals surface area contributed by atoms with Gasteiger partial charge in [0.25, 0.3) is 0 Å². The zero-order chi connectivity index (χ0) is 42.2. The summed E-state index contributed by atoms with van der Waals surface area (Å²) in [5.41, 5.74) is 15.3. The van der Waals surface area contributed by atoms with Crippen molar-refractivity contribution in [2.75, 3.05) is 0 Å². The van der Waals surface area contributed by atoms with Gasteiger partial charge in [-0.3, -0.25) is 0 Å². The molecule has 1 aliphatic heterocycles. The molecule has 0 fully saturated rings. The van der Waals surface area contributed by atoms with Crippen LogP contribution in [0.15, 0.2) is 228 Å². The molecule has 4 nitrogen and oxygen atoms in total. The van der Waals surface area contributed by atoms with Crippen LogP contribution in [0, 0.1) is 0 Å². The molecule has 0 atom stereocenters. The summed E-state index contributed by atoms with van der Waals surface area (Å²) in [5.74, 6) is 1.91. The van der Waals surface area contributed by atoms with E-state index in [-0.39, 0.29) is 0 Å². The van der Waals surface area contributed by atoms with Gasteiger partial charge in [0.2, 0.25) is 0 Å². The van der Waals surface area contributed by atoms with Crippen molar-refractivity contribution in [2.45, 2.75) is 15.2 Å². The van der Waals surface area contributed by atoms with E-state index in [2.05, 4.69) is 158 Å². The van der Waals surface area contributed by atoms with Gasteiger partial charge in [-0.15, -0.1) is 0 Å². The molecule has 0 N–H and O–H groups in total. The second-order valence-corrected chi connectivity index (χ2v) is 17.6. The summed E-state index contributed by atoms with van der Waals surface area (Å²) < 4.78 is 0. The highest BCUT2D eigenvalue weighted by Gasteiger charge is 2.50. The predicted octanol–water partition coefficient (Wildman–Crippen LogP) is 14.7. The lowest BCUT2D eigenvalue weighted by Crippen LogP contribution is -2.31. The number of hydrogen-bond acceptors (Lipinski definition) is 5. The first-order valence-electron chi connectivity index (χ1n) is 21.6. The van der Waals surface area contributed by atoms with Crippen LogP contribution in [-0.4, -0.2) is 19.9 Å². The fourth-order valence-corrected chi connectivity index (χ4v) is 11.4. The molecule has 11 aromatic rings. The number of nitrogens with zero attached hydrogens (tertiary/aromatic N) is 4. The van der Waals surface area contributed by atoms with E-state index in [1.807, 2.05) is 72.4 Å². The Labute approximate surface area is 375 Å². The van der Waals surface area contributed by atoms with Crippen LogP contribution in [0.4, 0.5) is 0 Å². The zero-order valence-electron chi connectivity index (χ0n) is 34.5. The minimum atomic E-state index is -0.491. The summed E-state index contributed by atoms with van der Waals surface area (Å²) in [6.45, 7) is 0. The van der Waals surface area contributed by atoms with Gasteiger partial charge in [-0.25, -0.2) is 19.9 Å². The van der Waals surface area contributed by atoms with Crippen molar-refractivity contribution in [3.05, 3.63) is 241 Å². The largest absolute Gasteiger partial charge is 0.247 e.